The first-order valence-electron chi connectivity index (χ1n) is 8.62. The fourth-order valence-corrected chi connectivity index (χ4v) is 3.99. The number of nitrogens with one attached hydrogen (secondary N) is 2. The molecule has 10 heteroatoms. The number of rotatable bonds is 5. The minimum absolute atomic E-state index is 0. The summed E-state index contributed by atoms with van der Waals surface area (Å²) in [5.74, 6) is 0.307. The number of halogens is 3. The molecule has 6 nitrogen and oxygen atoms in total. The lowest BCUT2D eigenvalue weighted by Gasteiger charge is -2.17. The molecule has 0 bridgehead atoms. The van der Waals surface area contributed by atoms with Crippen LogP contribution < -0.4 is 15.4 Å². The lowest BCUT2D eigenvalue weighted by atomic mass is 9.98. The lowest BCUT2D eigenvalue weighted by molar-refractivity contribution is 0.102. The molecule has 0 unspecified atom stereocenters. The number of hydrogen-bond donors (Lipinski definition) is 2. The number of fused-ring (bicyclic) bond motifs is 1. The SMILES string of the molecule is Cl.O=C(Nc1nnc(COc2ccc(Cl)cc2Cl)s1)c1ccc2c(c1)CCNC2. The second kappa shape index (κ2) is 9.73. The number of carbonyl (C=O) groups excluding carboxylic acids is 1. The second-order valence-corrected chi connectivity index (χ2v) is 8.13. The third kappa shape index (κ3) is 5.38. The van der Waals surface area contributed by atoms with E-state index in [1.807, 2.05) is 18.2 Å². The Bertz CT molecular complexity index is 1030. The van der Waals surface area contributed by atoms with Gasteiger partial charge in [-0.15, -0.1) is 22.6 Å². The zero-order valence-corrected chi connectivity index (χ0v) is 18.2. The van der Waals surface area contributed by atoms with Crippen molar-refractivity contribution in [2.45, 2.75) is 19.6 Å². The van der Waals surface area contributed by atoms with Crippen molar-refractivity contribution in [3.05, 3.63) is 68.1 Å². The Hall–Kier alpha value is -1.90. The van der Waals surface area contributed by atoms with E-state index in [-0.39, 0.29) is 24.9 Å². The molecule has 1 aliphatic heterocycles. The largest absolute Gasteiger partial charge is 0.485 e. The molecule has 0 radical (unpaired) electrons. The van der Waals surface area contributed by atoms with Gasteiger partial charge < -0.3 is 10.1 Å². The Kier molecular flexibility index (Phi) is 7.32. The fraction of sp³-hybridized carbons (Fsp3) is 0.211. The van der Waals surface area contributed by atoms with Gasteiger partial charge in [-0.3, -0.25) is 10.1 Å². The van der Waals surface area contributed by atoms with Crippen LogP contribution in [-0.2, 0) is 19.6 Å². The Morgan fingerprint density at radius 2 is 2.03 bits per heavy atom. The summed E-state index contributed by atoms with van der Waals surface area (Å²) in [6, 6.07) is 10.8. The molecule has 2 N–H and O–H groups in total. The molecule has 2 heterocycles. The van der Waals surface area contributed by atoms with E-state index in [0.29, 0.717) is 31.5 Å². The van der Waals surface area contributed by atoms with Crippen LogP contribution in [0.4, 0.5) is 5.13 Å². The maximum atomic E-state index is 12.5. The second-order valence-electron chi connectivity index (χ2n) is 6.23. The van der Waals surface area contributed by atoms with Crippen molar-refractivity contribution in [3.63, 3.8) is 0 Å². The van der Waals surface area contributed by atoms with Gasteiger partial charge in [0.2, 0.25) is 5.13 Å². The number of benzene rings is 2. The van der Waals surface area contributed by atoms with Gasteiger partial charge in [0, 0.05) is 17.1 Å². The van der Waals surface area contributed by atoms with Gasteiger partial charge in [-0.2, -0.15) is 0 Å². The number of amides is 1. The fourth-order valence-electron chi connectivity index (χ4n) is 2.88. The summed E-state index contributed by atoms with van der Waals surface area (Å²) in [6.07, 6.45) is 0.921. The van der Waals surface area contributed by atoms with Gasteiger partial charge in [0.15, 0.2) is 5.01 Å². The Balaban J connectivity index is 0.00000240. The van der Waals surface area contributed by atoms with Crippen LogP contribution in [0.25, 0.3) is 0 Å². The smallest absolute Gasteiger partial charge is 0.257 e. The molecule has 4 rings (SSSR count). The van der Waals surface area contributed by atoms with Crippen LogP contribution in [-0.4, -0.2) is 22.6 Å². The summed E-state index contributed by atoms with van der Waals surface area (Å²) in [7, 11) is 0. The highest BCUT2D eigenvalue weighted by atomic mass is 35.5. The van der Waals surface area contributed by atoms with Crippen molar-refractivity contribution in [1.29, 1.82) is 0 Å². The van der Waals surface area contributed by atoms with E-state index in [0.717, 1.165) is 19.5 Å². The molecule has 29 heavy (non-hydrogen) atoms. The number of anilines is 1. The normalized spacial score (nSPS) is 12.6. The average molecular weight is 472 g/mol. The highest BCUT2D eigenvalue weighted by Crippen LogP contribution is 2.28. The molecule has 1 amide bonds. The minimum Gasteiger partial charge on any atom is -0.485 e. The van der Waals surface area contributed by atoms with E-state index in [1.165, 1.54) is 22.5 Å². The Labute approximate surface area is 188 Å². The molecular weight excluding hydrogens is 455 g/mol. The highest BCUT2D eigenvalue weighted by Gasteiger charge is 2.15. The minimum atomic E-state index is -0.203. The zero-order chi connectivity index (χ0) is 19.5. The molecule has 3 aromatic rings. The topological polar surface area (TPSA) is 76.1 Å². The maximum Gasteiger partial charge on any atom is 0.257 e. The summed E-state index contributed by atoms with van der Waals surface area (Å²) in [5.41, 5.74) is 3.05. The van der Waals surface area contributed by atoms with Gasteiger partial charge in [-0.25, -0.2) is 0 Å². The quantitative estimate of drug-likeness (QED) is 0.562. The monoisotopic (exact) mass is 470 g/mol. The first-order valence-corrected chi connectivity index (χ1v) is 10.2. The molecule has 1 aromatic heterocycles. The highest BCUT2D eigenvalue weighted by molar-refractivity contribution is 7.15. The van der Waals surface area contributed by atoms with Crippen LogP contribution in [0.5, 0.6) is 5.75 Å². The Morgan fingerprint density at radius 1 is 1.17 bits per heavy atom. The molecular formula is C19H17Cl3N4O2S. The average Bonchev–Trinajstić information content (AvgIpc) is 3.14. The summed E-state index contributed by atoms with van der Waals surface area (Å²) in [4.78, 5) is 12.5. The van der Waals surface area contributed by atoms with E-state index in [1.54, 1.807) is 18.2 Å². The lowest BCUT2D eigenvalue weighted by Crippen LogP contribution is -2.24. The van der Waals surface area contributed by atoms with Gasteiger partial charge in [-0.1, -0.05) is 40.6 Å². The summed E-state index contributed by atoms with van der Waals surface area (Å²) < 4.78 is 5.64. The van der Waals surface area contributed by atoms with Crippen LogP contribution >= 0.6 is 46.9 Å². The predicted molar refractivity (Wildman–Crippen MR) is 118 cm³/mol. The van der Waals surface area contributed by atoms with Gasteiger partial charge in [-0.05, 0) is 54.4 Å². The molecule has 0 saturated carbocycles. The molecule has 2 aromatic carbocycles. The van der Waals surface area contributed by atoms with E-state index in [4.69, 9.17) is 27.9 Å². The molecule has 152 valence electrons. The van der Waals surface area contributed by atoms with Crippen LogP contribution in [0.3, 0.4) is 0 Å². The van der Waals surface area contributed by atoms with Gasteiger partial charge in [0.1, 0.15) is 12.4 Å². The molecule has 0 aliphatic carbocycles. The van der Waals surface area contributed by atoms with Crippen LogP contribution in [0.15, 0.2) is 36.4 Å². The molecule has 1 aliphatic rings. The van der Waals surface area contributed by atoms with Gasteiger partial charge in [0.25, 0.3) is 5.91 Å². The van der Waals surface area contributed by atoms with Crippen LogP contribution in [0, 0.1) is 0 Å². The predicted octanol–water partition coefficient (Wildman–Crippen LogP) is 4.74. The van der Waals surface area contributed by atoms with Crippen molar-refractivity contribution < 1.29 is 9.53 Å². The number of carbonyl (C=O) groups is 1. The summed E-state index contributed by atoms with van der Waals surface area (Å²) in [5, 5.41) is 16.2. The first kappa shape index (κ1) is 21.8. The zero-order valence-electron chi connectivity index (χ0n) is 15.1. The van der Waals surface area contributed by atoms with Gasteiger partial charge in [0.05, 0.1) is 5.02 Å². The molecule has 0 spiro atoms. The van der Waals surface area contributed by atoms with E-state index >= 15 is 0 Å². The van der Waals surface area contributed by atoms with Crippen molar-refractivity contribution in [1.82, 2.24) is 15.5 Å². The van der Waals surface area contributed by atoms with E-state index in [2.05, 4.69) is 20.8 Å². The number of aromatic nitrogens is 2. The van der Waals surface area contributed by atoms with Crippen molar-refractivity contribution in [2.75, 3.05) is 11.9 Å². The molecule has 0 saturated heterocycles. The van der Waals surface area contributed by atoms with Crippen molar-refractivity contribution in [2.24, 2.45) is 0 Å². The first-order chi connectivity index (χ1) is 13.6. The van der Waals surface area contributed by atoms with E-state index in [9.17, 15) is 4.79 Å². The molecule has 0 fully saturated rings. The number of ether oxygens (including phenoxy) is 1. The molecule has 0 atom stereocenters. The Morgan fingerprint density at radius 3 is 2.86 bits per heavy atom. The van der Waals surface area contributed by atoms with E-state index < -0.39 is 0 Å². The summed E-state index contributed by atoms with van der Waals surface area (Å²) >= 11 is 13.2. The van der Waals surface area contributed by atoms with Crippen LogP contribution in [0.1, 0.15) is 26.5 Å². The van der Waals surface area contributed by atoms with Crippen molar-refractivity contribution >= 4 is 58.0 Å². The summed E-state index contributed by atoms with van der Waals surface area (Å²) in [6.45, 7) is 1.96. The van der Waals surface area contributed by atoms with Crippen LogP contribution in [0.2, 0.25) is 10.0 Å². The van der Waals surface area contributed by atoms with Gasteiger partial charge >= 0.3 is 0 Å². The maximum absolute atomic E-state index is 12.5. The standard InChI is InChI=1S/C19H16Cl2N4O2S.ClH/c20-14-3-4-16(15(21)8-14)27-10-17-24-25-19(28-17)23-18(26)12-1-2-13-9-22-6-5-11(13)7-12;/h1-4,7-8,22H,5-6,9-10H2,(H,23,25,26);1H. The third-order valence-electron chi connectivity index (χ3n) is 4.29. The third-order valence-corrected chi connectivity index (χ3v) is 5.63. The number of hydrogen-bond acceptors (Lipinski definition) is 6. The number of nitrogens with zero attached hydrogens (tertiary/aromatic N) is 2. The van der Waals surface area contributed by atoms with Crippen molar-refractivity contribution in [3.8, 4) is 5.75 Å².